The van der Waals surface area contributed by atoms with E-state index in [-0.39, 0.29) is 36.9 Å². The summed E-state index contributed by atoms with van der Waals surface area (Å²) in [4.78, 5) is 21.3. The predicted octanol–water partition coefficient (Wildman–Crippen LogP) is 1.41. The van der Waals surface area contributed by atoms with E-state index in [1.54, 1.807) is 20.8 Å². The van der Waals surface area contributed by atoms with Crippen LogP contribution in [0.1, 0.15) is 20.8 Å². The summed E-state index contributed by atoms with van der Waals surface area (Å²) in [5, 5.41) is 13.1. The average Bonchev–Trinajstić information content (AvgIpc) is 2.52. The van der Waals surface area contributed by atoms with E-state index in [0.29, 0.717) is 0 Å². The van der Waals surface area contributed by atoms with E-state index in [1.165, 1.54) is 0 Å². The minimum atomic E-state index is -3.77. The predicted molar refractivity (Wildman–Crippen MR) is 93.3 cm³/mol. The van der Waals surface area contributed by atoms with Gasteiger partial charge >= 0.3 is 6.09 Å². The molecule has 0 aromatic heterocycles. The van der Waals surface area contributed by atoms with Crippen LogP contribution in [0.15, 0.2) is 29.2 Å². The number of carbonyl (C=O) groups excluding carboxylic acids is 1. The third kappa shape index (κ3) is 8.23. The molecule has 0 aliphatic rings. The maximum absolute atomic E-state index is 12.0. The Morgan fingerprint density at radius 3 is 2.27 bits per heavy atom. The molecule has 0 aliphatic carbocycles. The van der Waals surface area contributed by atoms with Gasteiger partial charge in [0.2, 0.25) is 10.0 Å². The number of non-ortho nitro benzene ring substituents is 1. The van der Waals surface area contributed by atoms with Crippen molar-refractivity contribution < 1.29 is 27.6 Å². The largest absolute Gasteiger partial charge is 0.444 e. The fraction of sp³-hybridized carbons (Fsp3) is 0.533. The van der Waals surface area contributed by atoms with Gasteiger partial charge in [-0.2, -0.15) is 0 Å². The minimum absolute atomic E-state index is 0.0196. The van der Waals surface area contributed by atoms with Gasteiger partial charge in [-0.3, -0.25) is 10.1 Å². The number of ether oxygens (including phenoxy) is 2. The molecule has 0 heterocycles. The summed E-state index contributed by atoms with van der Waals surface area (Å²) in [6.45, 7) is 5.79. The summed E-state index contributed by atoms with van der Waals surface area (Å²) in [5.74, 6) is 0. The number of rotatable bonds is 9. The van der Waals surface area contributed by atoms with Gasteiger partial charge in [-0.1, -0.05) is 0 Å². The number of nitro benzene ring substituents is 1. The fourth-order valence-electron chi connectivity index (χ4n) is 1.72. The normalized spacial score (nSPS) is 11.8. The van der Waals surface area contributed by atoms with Gasteiger partial charge in [-0.25, -0.2) is 17.9 Å². The van der Waals surface area contributed by atoms with Crippen molar-refractivity contribution in [1.82, 2.24) is 10.0 Å². The van der Waals surface area contributed by atoms with Crippen LogP contribution < -0.4 is 10.0 Å². The highest BCUT2D eigenvalue weighted by Crippen LogP contribution is 2.15. The van der Waals surface area contributed by atoms with Crippen LogP contribution in [-0.4, -0.2) is 51.3 Å². The van der Waals surface area contributed by atoms with Crippen LogP contribution in [0, 0.1) is 10.1 Å². The van der Waals surface area contributed by atoms with Crippen LogP contribution in [-0.2, 0) is 19.5 Å². The molecule has 0 radical (unpaired) electrons. The molecule has 0 unspecified atom stereocenters. The van der Waals surface area contributed by atoms with Gasteiger partial charge in [0.05, 0.1) is 23.0 Å². The second-order valence-electron chi connectivity index (χ2n) is 6.19. The molecular formula is C15H23N3O7S. The molecule has 0 saturated carbocycles. The molecule has 146 valence electrons. The van der Waals surface area contributed by atoms with Crippen molar-refractivity contribution in [3.8, 4) is 0 Å². The molecule has 1 aromatic carbocycles. The van der Waals surface area contributed by atoms with Gasteiger partial charge in [0, 0.05) is 25.2 Å². The zero-order chi connectivity index (χ0) is 19.8. The van der Waals surface area contributed by atoms with E-state index < -0.39 is 26.6 Å². The highest BCUT2D eigenvalue weighted by atomic mass is 32.2. The molecular weight excluding hydrogens is 366 g/mol. The van der Waals surface area contributed by atoms with Crippen molar-refractivity contribution in [3.63, 3.8) is 0 Å². The highest BCUT2D eigenvalue weighted by Gasteiger charge is 2.16. The number of sulfonamides is 1. The molecule has 11 heteroatoms. The number of hydrogen-bond acceptors (Lipinski definition) is 7. The Hall–Kier alpha value is -2.24. The molecule has 26 heavy (non-hydrogen) atoms. The van der Waals surface area contributed by atoms with E-state index in [0.717, 1.165) is 24.3 Å². The molecule has 0 fully saturated rings. The van der Waals surface area contributed by atoms with E-state index in [4.69, 9.17) is 9.47 Å². The van der Waals surface area contributed by atoms with Gasteiger partial charge < -0.3 is 14.8 Å². The van der Waals surface area contributed by atoms with Crippen LogP contribution >= 0.6 is 0 Å². The first-order chi connectivity index (χ1) is 12.0. The molecule has 0 spiro atoms. The monoisotopic (exact) mass is 389 g/mol. The third-order valence-corrected chi connectivity index (χ3v) is 4.29. The second kappa shape index (κ2) is 9.46. The Kier molecular flexibility index (Phi) is 7.93. The van der Waals surface area contributed by atoms with Gasteiger partial charge in [0.1, 0.15) is 5.60 Å². The van der Waals surface area contributed by atoms with E-state index in [1.807, 2.05) is 0 Å². The van der Waals surface area contributed by atoms with Crippen LogP contribution in [0.25, 0.3) is 0 Å². The van der Waals surface area contributed by atoms with Crippen molar-refractivity contribution in [1.29, 1.82) is 0 Å². The summed E-state index contributed by atoms with van der Waals surface area (Å²) in [6.07, 6.45) is -0.556. The number of nitro groups is 1. The molecule has 2 N–H and O–H groups in total. The van der Waals surface area contributed by atoms with E-state index in [2.05, 4.69) is 10.0 Å². The maximum Gasteiger partial charge on any atom is 0.407 e. The molecule has 0 atom stereocenters. The molecule has 1 rings (SSSR count). The molecule has 1 amide bonds. The first kappa shape index (κ1) is 21.8. The number of nitrogens with zero attached hydrogens (tertiary/aromatic N) is 1. The average molecular weight is 389 g/mol. The third-order valence-electron chi connectivity index (χ3n) is 2.81. The van der Waals surface area contributed by atoms with Gasteiger partial charge in [0.15, 0.2) is 0 Å². The molecule has 0 bridgehead atoms. The smallest absolute Gasteiger partial charge is 0.407 e. The first-order valence-corrected chi connectivity index (χ1v) is 9.28. The lowest BCUT2D eigenvalue weighted by molar-refractivity contribution is -0.384. The lowest BCUT2D eigenvalue weighted by atomic mass is 10.2. The summed E-state index contributed by atoms with van der Waals surface area (Å²) < 4.78 is 36.6. The van der Waals surface area contributed by atoms with Crippen molar-refractivity contribution in [2.45, 2.75) is 31.3 Å². The maximum atomic E-state index is 12.0. The summed E-state index contributed by atoms with van der Waals surface area (Å²) in [7, 11) is -3.77. The van der Waals surface area contributed by atoms with E-state index in [9.17, 15) is 23.3 Å². The molecule has 10 nitrogen and oxygen atoms in total. The summed E-state index contributed by atoms with van der Waals surface area (Å²) in [5.41, 5.74) is -0.772. The zero-order valence-electron chi connectivity index (χ0n) is 14.9. The Bertz CT molecular complexity index is 712. The number of nitrogens with one attached hydrogen (secondary N) is 2. The van der Waals surface area contributed by atoms with Gasteiger partial charge in [-0.15, -0.1) is 0 Å². The lowest BCUT2D eigenvalue weighted by Gasteiger charge is -2.19. The fourth-order valence-corrected chi connectivity index (χ4v) is 2.73. The van der Waals surface area contributed by atoms with Crippen molar-refractivity contribution >= 4 is 21.8 Å². The van der Waals surface area contributed by atoms with Crippen LogP contribution in [0.3, 0.4) is 0 Å². The Balaban J connectivity index is 2.26. The minimum Gasteiger partial charge on any atom is -0.444 e. The quantitative estimate of drug-likeness (QED) is 0.370. The Labute approximate surface area is 152 Å². The highest BCUT2D eigenvalue weighted by molar-refractivity contribution is 7.89. The Morgan fingerprint density at radius 1 is 1.15 bits per heavy atom. The topological polar surface area (TPSA) is 137 Å². The summed E-state index contributed by atoms with van der Waals surface area (Å²) in [6, 6.07) is 4.55. The second-order valence-corrected chi connectivity index (χ2v) is 7.96. The number of hydrogen-bond donors (Lipinski definition) is 2. The SMILES string of the molecule is CC(C)(C)OC(=O)NCCOCCNS(=O)(=O)c1ccc([N+](=O)[O-])cc1. The lowest BCUT2D eigenvalue weighted by Crippen LogP contribution is -2.34. The van der Waals surface area contributed by atoms with Crippen LogP contribution in [0.4, 0.5) is 10.5 Å². The number of amides is 1. The summed E-state index contributed by atoms with van der Waals surface area (Å²) >= 11 is 0. The standard InChI is InChI=1S/C15H23N3O7S/c1-15(2,3)25-14(19)16-8-10-24-11-9-17-26(22,23)13-6-4-12(5-7-13)18(20)21/h4-7,17H,8-11H2,1-3H3,(H,16,19). The van der Waals surface area contributed by atoms with Crippen LogP contribution in [0.5, 0.6) is 0 Å². The molecule has 0 saturated heterocycles. The number of carbonyl (C=O) groups is 1. The molecule has 1 aromatic rings. The van der Waals surface area contributed by atoms with Crippen LogP contribution in [0.2, 0.25) is 0 Å². The van der Waals surface area contributed by atoms with Gasteiger partial charge in [-0.05, 0) is 32.9 Å². The van der Waals surface area contributed by atoms with Crippen molar-refractivity contribution in [3.05, 3.63) is 34.4 Å². The number of benzene rings is 1. The first-order valence-electron chi connectivity index (χ1n) is 7.80. The number of alkyl carbamates (subject to hydrolysis) is 1. The van der Waals surface area contributed by atoms with Gasteiger partial charge in [0.25, 0.3) is 5.69 Å². The van der Waals surface area contributed by atoms with E-state index >= 15 is 0 Å². The van der Waals surface area contributed by atoms with Crippen molar-refractivity contribution in [2.75, 3.05) is 26.3 Å². The zero-order valence-corrected chi connectivity index (χ0v) is 15.7. The molecule has 0 aliphatic heterocycles. The Morgan fingerprint density at radius 2 is 1.73 bits per heavy atom. The van der Waals surface area contributed by atoms with Crippen molar-refractivity contribution in [2.24, 2.45) is 0 Å².